The molecule has 0 saturated heterocycles. The van der Waals surface area contributed by atoms with Gasteiger partial charge in [-0.15, -0.1) is 17.3 Å². The van der Waals surface area contributed by atoms with Crippen LogP contribution in [0.2, 0.25) is 0 Å². The zero-order valence-electron chi connectivity index (χ0n) is 19.5. The van der Waals surface area contributed by atoms with E-state index in [-0.39, 0.29) is 0 Å². The zero-order chi connectivity index (χ0) is 21.7. The fourth-order valence-corrected chi connectivity index (χ4v) is 3.81. The second-order valence-electron chi connectivity index (χ2n) is 7.61. The quantitative estimate of drug-likeness (QED) is 0.232. The molecule has 0 spiro atoms. The number of ether oxygens (including phenoxy) is 1. The van der Waals surface area contributed by atoms with E-state index in [0.717, 1.165) is 49.2 Å². The van der Waals surface area contributed by atoms with Crippen molar-refractivity contribution in [3.05, 3.63) is 21.4 Å². The smallest absolute Gasteiger partial charge is 0.108 e. The van der Waals surface area contributed by atoms with E-state index in [0.29, 0.717) is 6.61 Å². The number of rotatable bonds is 13. The maximum Gasteiger partial charge on any atom is 0.108 e. The molecule has 1 heterocycles. The lowest BCUT2D eigenvalue weighted by Gasteiger charge is -2.00. The minimum atomic E-state index is 0.510. The van der Waals surface area contributed by atoms with Crippen LogP contribution in [-0.2, 0) is 11.2 Å². The molecular formula is C28H40OS. The van der Waals surface area contributed by atoms with Gasteiger partial charge in [0.1, 0.15) is 6.61 Å². The van der Waals surface area contributed by atoms with Gasteiger partial charge in [-0.2, -0.15) is 0 Å². The van der Waals surface area contributed by atoms with E-state index < -0.39 is 0 Å². The third-order valence-electron chi connectivity index (χ3n) is 4.74. The summed E-state index contributed by atoms with van der Waals surface area (Å²) in [5, 5.41) is 0. The van der Waals surface area contributed by atoms with Gasteiger partial charge < -0.3 is 4.74 Å². The first-order valence-electron chi connectivity index (χ1n) is 12.0. The lowest BCUT2D eigenvalue weighted by atomic mass is 10.1. The first-order chi connectivity index (χ1) is 14.8. The molecule has 164 valence electrons. The Kier molecular flexibility index (Phi) is 17.0. The molecule has 1 rings (SSSR count). The number of hydrogen-bond donors (Lipinski definition) is 0. The monoisotopic (exact) mass is 424 g/mol. The van der Waals surface area contributed by atoms with Crippen LogP contribution < -0.4 is 0 Å². The molecule has 1 aromatic heterocycles. The van der Waals surface area contributed by atoms with Crippen molar-refractivity contribution >= 4 is 11.3 Å². The molecule has 0 aliphatic carbocycles. The third-order valence-corrected chi connectivity index (χ3v) is 5.80. The van der Waals surface area contributed by atoms with E-state index >= 15 is 0 Å². The Balaban J connectivity index is 2.53. The van der Waals surface area contributed by atoms with Crippen molar-refractivity contribution in [2.45, 2.75) is 104 Å². The van der Waals surface area contributed by atoms with Crippen molar-refractivity contribution in [1.82, 2.24) is 0 Å². The summed E-state index contributed by atoms with van der Waals surface area (Å²) in [5.74, 6) is 19.7. The average Bonchev–Trinajstić information content (AvgIpc) is 3.14. The molecule has 0 N–H and O–H groups in total. The van der Waals surface area contributed by atoms with Gasteiger partial charge in [-0.1, -0.05) is 95.3 Å². The highest BCUT2D eigenvalue weighted by Crippen LogP contribution is 2.22. The summed E-state index contributed by atoms with van der Waals surface area (Å²) in [6.45, 7) is 7.98. The van der Waals surface area contributed by atoms with E-state index in [1.807, 2.05) is 0 Å². The average molecular weight is 425 g/mol. The summed E-state index contributed by atoms with van der Waals surface area (Å²) in [7, 11) is 0. The van der Waals surface area contributed by atoms with Crippen molar-refractivity contribution in [3.8, 4) is 35.5 Å². The summed E-state index contributed by atoms with van der Waals surface area (Å²) < 4.78 is 5.67. The van der Waals surface area contributed by atoms with Crippen LogP contribution in [0.5, 0.6) is 0 Å². The van der Waals surface area contributed by atoms with Crippen LogP contribution in [0.15, 0.2) is 6.07 Å². The molecule has 0 atom stereocenters. The van der Waals surface area contributed by atoms with Crippen molar-refractivity contribution < 1.29 is 4.74 Å². The predicted molar refractivity (Wildman–Crippen MR) is 133 cm³/mol. The standard InChI is InChI=1S/C28H40OS/c1-4-7-10-13-15-18-23-29-24-19-21-27-25-26(20-16-12-9-6-3)28(30-27)22-17-14-11-8-5-2/h25H,4-13,15,18,22-24H2,1-3H3. The Morgan fingerprint density at radius 1 is 0.733 bits per heavy atom. The van der Waals surface area contributed by atoms with Crippen LogP contribution in [0.1, 0.15) is 113 Å². The molecule has 0 saturated carbocycles. The van der Waals surface area contributed by atoms with Crippen molar-refractivity contribution in [3.63, 3.8) is 0 Å². The highest BCUT2D eigenvalue weighted by molar-refractivity contribution is 7.12. The molecule has 0 unspecified atom stereocenters. The normalized spacial score (nSPS) is 9.83. The van der Waals surface area contributed by atoms with Crippen LogP contribution in [0.3, 0.4) is 0 Å². The van der Waals surface area contributed by atoms with Crippen molar-refractivity contribution in [2.75, 3.05) is 13.2 Å². The molecule has 1 nitrogen and oxygen atoms in total. The Bertz CT molecular complexity index is 739. The van der Waals surface area contributed by atoms with E-state index in [1.165, 1.54) is 56.2 Å². The van der Waals surface area contributed by atoms with Crippen LogP contribution in [-0.4, -0.2) is 13.2 Å². The van der Waals surface area contributed by atoms with Gasteiger partial charge in [0, 0.05) is 36.3 Å². The van der Waals surface area contributed by atoms with Gasteiger partial charge in [0.25, 0.3) is 0 Å². The second kappa shape index (κ2) is 19.3. The number of hydrogen-bond acceptors (Lipinski definition) is 2. The van der Waals surface area contributed by atoms with Gasteiger partial charge in [0.15, 0.2) is 0 Å². The number of thiophene rings is 1. The fraction of sp³-hybridized carbons (Fsp3) is 0.643. The largest absolute Gasteiger partial charge is 0.369 e. The maximum atomic E-state index is 5.67. The Morgan fingerprint density at radius 2 is 1.43 bits per heavy atom. The third kappa shape index (κ3) is 13.5. The molecule has 0 amide bonds. The first kappa shape index (κ1) is 26.4. The van der Waals surface area contributed by atoms with E-state index in [2.05, 4.69) is 62.4 Å². The summed E-state index contributed by atoms with van der Waals surface area (Å²) in [5.41, 5.74) is 1.11. The maximum absolute atomic E-state index is 5.67. The van der Waals surface area contributed by atoms with Crippen LogP contribution in [0, 0.1) is 35.5 Å². The molecule has 0 fully saturated rings. The van der Waals surface area contributed by atoms with Crippen molar-refractivity contribution in [2.24, 2.45) is 0 Å². The highest BCUT2D eigenvalue weighted by atomic mass is 32.1. The summed E-state index contributed by atoms with van der Waals surface area (Å²) in [4.78, 5) is 2.32. The fourth-order valence-electron chi connectivity index (χ4n) is 2.88. The Morgan fingerprint density at radius 3 is 2.20 bits per heavy atom. The summed E-state index contributed by atoms with van der Waals surface area (Å²) in [6, 6.07) is 2.13. The molecule has 0 bridgehead atoms. The molecule has 0 aromatic carbocycles. The van der Waals surface area contributed by atoms with Gasteiger partial charge in [-0.3, -0.25) is 0 Å². The van der Waals surface area contributed by atoms with E-state index in [4.69, 9.17) is 4.74 Å². The lowest BCUT2D eigenvalue weighted by Crippen LogP contribution is -1.94. The topological polar surface area (TPSA) is 9.23 Å². The van der Waals surface area contributed by atoms with Crippen LogP contribution in [0.4, 0.5) is 0 Å². The molecule has 0 aliphatic rings. The van der Waals surface area contributed by atoms with Gasteiger partial charge in [0.2, 0.25) is 0 Å². The molecule has 30 heavy (non-hydrogen) atoms. The van der Waals surface area contributed by atoms with E-state index in [1.54, 1.807) is 11.3 Å². The minimum absolute atomic E-state index is 0.510. The van der Waals surface area contributed by atoms with E-state index in [9.17, 15) is 0 Å². The van der Waals surface area contributed by atoms with Gasteiger partial charge in [-0.25, -0.2) is 0 Å². The highest BCUT2D eigenvalue weighted by Gasteiger charge is 2.05. The van der Waals surface area contributed by atoms with Crippen molar-refractivity contribution in [1.29, 1.82) is 0 Å². The SMILES string of the molecule is CCCCC#CCc1sc(C#CCOCCCCCCCC)cc1C#CCCCC. The molecule has 0 radical (unpaired) electrons. The van der Waals surface area contributed by atoms with Crippen LogP contribution >= 0.6 is 11.3 Å². The predicted octanol–water partition coefficient (Wildman–Crippen LogP) is 7.75. The number of unbranched alkanes of at least 4 members (excludes halogenated alkanes) is 9. The van der Waals surface area contributed by atoms with Gasteiger partial charge in [-0.05, 0) is 25.3 Å². The molecule has 2 heteroatoms. The van der Waals surface area contributed by atoms with Crippen LogP contribution in [0.25, 0.3) is 0 Å². The first-order valence-corrected chi connectivity index (χ1v) is 12.8. The lowest BCUT2D eigenvalue weighted by molar-refractivity contribution is 0.161. The van der Waals surface area contributed by atoms with Gasteiger partial charge in [0.05, 0.1) is 4.88 Å². The molecule has 0 aliphatic heterocycles. The summed E-state index contributed by atoms with van der Waals surface area (Å²) >= 11 is 1.73. The second-order valence-corrected chi connectivity index (χ2v) is 8.75. The molecule has 1 aromatic rings. The zero-order valence-corrected chi connectivity index (χ0v) is 20.3. The molecular weight excluding hydrogens is 384 g/mol. The van der Waals surface area contributed by atoms with Gasteiger partial charge >= 0.3 is 0 Å². The Hall–Kier alpha value is -1.66. The summed E-state index contributed by atoms with van der Waals surface area (Å²) in [6.07, 6.45) is 15.2. The minimum Gasteiger partial charge on any atom is -0.369 e. The Labute approximate surface area is 190 Å².